The number of H-pyrrole nitrogens is 1. The van der Waals surface area contributed by atoms with Crippen LogP contribution in [0.25, 0.3) is 10.9 Å². The molecule has 0 atom stereocenters. The molecule has 1 saturated heterocycles. The molecule has 1 fully saturated rings. The number of benzene rings is 1. The monoisotopic (exact) mass is 329 g/mol. The number of hydrogen-bond acceptors (Lipinski definition) is 3. The summed E-state index contributed by atoms with van der Waals surface area (Å²) < 4.78 is 5.30. The number of nitrogens with one attached hydrogen (secondary N) is 1. The third-order valence-electron chi connectivity index (χ3n) is 4.85. The molecule has 0 saturated carbocycles. The van der Waals surface area contributed by atoms with Crippen molar-refractivity contribution in [2.24, 2.45) is 0 Å². The highest BCUT2D eigenvalue weighted by molar-refractivity contribution is 6.07. The van der Waals surface area contributed by atoms with Crippen LogP contribution in [0.1, 0.15) is 37.6 Å². The first-order chi connectivity index (χ1) is 11.4. The van der Waals surface area contributed by atoms with E-state index in [4.69, 9.17) is 4.74 Å². The van der Waals surface area contributed by atoms with Gasteiger partial charge in [0.15, 0.2) is 0 Å². The Bertz CT molecular complexity index is 730. The molecule has 2 heterocycles. The van der Waals surface area contributed by atoms with Gasteiger partial charge in [0.1, 0.15) is 5.75 Å². The van der Waals surface area contributed by atoms with Crippen LogP contribution in [-0.2, 0) is 0 Å². The maximum absolute atomic E-state index is 13.0. The van der Waals surface area contributed by atoms with Gasteiger partial charge in [-0.25, -0.2) is 0 Å². The lowest BCUT2D eigenvalue weighted by atomic mass is 10.1. The number of methoxy groups -OCH3 is 1. The van der Waals surface area contributed by atoms with Crippen LogP contribution in [0.15, 0.2) is 24.4 Å². The zero-order valence-electron chi connectivity index (χ0n) is 15.1. The van der Waals surface area contributed by atoms with Crippen LogP contribution < -0.4 is 4.74 Å². The molecule has 0 aliphatic carbocycles. The zero-order chi connectivity index (χ0) is 17.3. The summed E-state index contributed by atoms with van der Waals surface area (Å²) in [5, 5.41) is 0.927. The van der Waals surface area contributed by atoms with Crippen LogP contribution in [0.3, 0.4) is 0 Å². The Hall–Kier alpha value is -2.01. The first kappa shape index (κ1) is 16.8. The van der Waals surface area contributed by atoms with Crippen LogP contribution in [0.4, 0.5) is 0 Å². The molecule has 1 aromatic heterocycles. The maximum atomic E-state index is 13.0. The highest BCUT2D eigenvalue weighted by Crippen LogP contribution is 2.25. The van der Waals surface area contributed by atoms with Gasteiger partial charge < -0.3 is 14.6 Å². The van der Waals surface area contributed by atoms with E-state index in [1.165, 1.54) is 0 Å². The van der Waals surface area contributed by atoms with Gasteiger partial charge in [-0.05, 0) is 45.4 Å². The van der Waals surface area contributed by atoms with Crippen molar-refractivity contribution in [1.29, 1.82) is 0 Å². The van der Waals surface area contributed by atoms with Gasteiger partial charge in [0.25, 0.3) is 5.91 Å². The van der Waals surface area contributed by atoms with Crippen LogP contribution >= 0.6 is 0 Å². The van der Waals surface area contributed by atoms with Gasteiger partial charge in [-0.1, -0.05) is 0 Å². The van der Waals surface area contributed by atoms with Crippen molar-refractivity contribution < 1.29 is 9.53 Å². The van der Waals surface area contributed by atoms with Crippen molar-refractivity contribution in [2.75, 3.05) is 33.3 Å². The summed E-state index contributed by atoms with van der Waals surface area (Å²) in [5.74, 6) is 0.871. The van der Waals surface area contributed by atoms with Crippen molar-refractivity contribution in [3.8, 4) is 5.75 Å². The van der Waals surface area contributed by atoms with Crippen molar-refractivity contribution in [2.45, 2.75) is 32.7 Å². The van der Waals surface area contributed by atoms with Gasteiger partial charge in [0.05, 0.1) is 12.7 Å². The smallest absolute Gasteiger partial charge is 0.256 e. The highest BCUT2D eigenvalue weighted by Gasteiger charge is 2.27. The fourth-order valence-electron chi connectivity index (χ4n) is 3.37. The lowest BCUT2D eigenvalue weighted by molar-refractivity contribution is 0.0751. The molecule has 0 bridgehead atoms. The minimum absolute atomic E-state index is 0.102. The van der Waals surface area contributed by atoms with Crippen LogP contribution in [0, 0.1) is 0 Å². The largest absolute Gasteiger partial charge is 0.497 e. The van der Waals surface area contributed by atoms with Gasteiger partial charge in [0, 0.05) is 48.8 Å². The number of nitrogens with zero attached hydrogens (tertiary/aromatic N) is 2. The van der Waals surface area contributed by atoms with Crippen molar-refractivity contribution in [3.63, 3.8) is 0 Å². The molecule has 5 nitrogen and oxygen atoms in total. The summed E-state index contributed by atoms with van der Waals surface area (Å²) in [7, 11) is 1.64. The van der Waals surface area contributed by atoms with Gasteiger partial charge >= 0.3 is 0 Å². The maximum Gasteiger partial charge on any atom is 0.256 e. The molecule has 1 aromatic carbocycles. The fourth-order valence-corrected chi connectivity index (χ4v) is 3.37. The summed E-state index contributed by atoms with van der Waals surface area (Å²) in [6.45, 7) is 10.2. The molecule has 1 aliphatic heterocycles. The van der Waals surface area contributed by atoms with Gasteiger partial charge in [-0.2, -0.15) is 0 Å². The van der Waals surface area contributed by atoms with E-state index >= 15 is 0 Å². The van der Waals surface area contributed by atoms with Gasteiger partial charge in [-0.15, -0.1) is 0 Å². The number of hydrogen-bond donors (Lipinski definition) is 1. The van der Waals surface area contributed by atoms with Crippen molar-refractivity contribution >= 4 is 16.8 Å². The van der Waals surface area contributed by atoms with Crippen molar-refractivity contribution in [3.05, 3.63) is 30.0 Å². The fraction of sp³-hybridized carbons (Fsp3) is 0.526. The molecule has 0 spiro atoms. The zero-order valence-corrected chi connectivity index (χ0v) is 15.1. The Kier molecular flexibility index (Phi) is 4.54. The second kappa shape index (κ2) is 6.48. The molecule has 0 radical (unpaired) electrons. The topological polar surface area (TPSA) is 48.6 Å². The number of rotatable bonds is 2. The number of ether oxygens (including phenoxy) is 1. The molecule has 24 heavy (non-hydrogen) atoms. The van der Waals surface area contributed by atoms with Crippen LogP contribution in [-0.4, -0.2) is 59.5 Å². The van der Waals surface area contributed by atoms with Crippen LogP contribution in [0.2, 0.25) is 0 Å². The summed E-state index contributed by atoms with van der Waals surface area (Å²) >= 11 is 0. The van der Waals surface area contributed by atoms with E-state index in [-0.39, 0.29) is 11.4 Å². The summed E-state index contributed by atoms with van der Waals surface area (Å²) in [6, 6.07) is 5.79. The number of aromatic nitrogens is 1. The van der Waals surface area contributed by atoms with E-state index in [2.05, 4.69) is 30.7 Å². The summed E-state index contributed by atoms with van der Waals surface area (Å²) in [4.78, 5) is 20.7. The number of carbonyl (C=O) groups is 1. The minimum atomic E-state index is 0.102. The second-order valence-corrected chi connectivity index (χ2v) is 7.42. The average Bonchev–Trinajstić information content (AvgIpc) is 2.79. The lowest BCUT2D eigenvalue weighted by Gasteiger charge is -2.34. The Morgan fingerprint density at radius 3 is 2.67 bits per heavy atom. The van der Waals surface area contributed by atoms with Gasteiger partial charge in [-0.3, -0.25) is 9.69 Å². The Balaban J connectivity index is 1.82. The number of fused-ring (bicyclic) bond motifs is 1. The molecule has 0 unspecified atom stereocenters. The summed E-state index contributed by atoms with van der Waals surface area (Å²) in [6.07, 6.45) is 2.83. The average molecular weight is 329 g/mol. The molecule has 1 aliphatic rings. The highest BCUT2D eigenvalue weighted by atomic mass is 16.5. The molecule has 2 aromatic rings. The normalized spacial score (nSPS) is 17.1. The first-order valence-corrected chi connectivity index (χ1v) is 8.59. The molecule has 5 heteroatoms. The molecular weight excluding hydrogens is 302 g/mol. The lowest BCUT2D eigenvalue weighted by Crippen LogP contribution is -2.44. The Labute approximate surface area is 143 Å². The van der Waals surface area contributed by atoms with E-state index in [9.17, 15) is 4.79 Å². The third-order valence-corrected chi connectivity index (χ3v) is 4.85. The molecular formula is C19H27N3O2. The molecule has 130 valence electrons. The standard InChI is InChI=1S/C19H27N3O2/c1-19(2,3)22-9-5-8-21(10-11-22)18(23)16-13-20-17-7-6-14(24-4)12-15(16)17/h6-7,12-13,20H,5,8-11H2,1-4H3. The van der Waals surface area contributed by atoms with E-state index in [1.807, 2.05) is 29.3 Å². The van der Waals surface area contributed by atoms with E-state index in [0.717, 1.165) is 54.8 Å². The molecule has 1 N–H and O–H groups in total. The number of aromatic amines is 1. The predicted molar refractivity (Wildman–Crippen MR) is 96.7 cm³/mol. The Morgan fingerprint density at radius 1 is 1.17 bits per heavy atom. The van der Waals surface area contributed by atoms with E-state index < -0.39 is 0 Å². The van der Waals surface area contributed by atoms with Crippen molar-refractivity contribution in [1.82, 2.24) is 14.8 Å². The number of carbonyl (C=O) groups excluding carboxylic acids is 1. The Morgan fingerprint density at radius 2 is 1.96 bits per heavy atom. The molecule has 1 amide bonds. The quantitative estimate of drug-likeness (QED) is 0.921. The minimum Gasteiger partial charge on any atom is -0.497 e. The predicted octanol–water partition coefficient (Wildman–Crippen LogP) is 3.12. The first-order valence-electron chi connectivity index (χ1n) is 8.59. The van der Waals surface area contributed by atoms with E-state index in [1.54, 1.807) is 7.11 Å². The van der Waals surface area contributed by atoms with E-state index in [0.29, 0.717) is 0 Å². The third kappa shape index (κ3) is 3.26. The second-order valence-electron chi connectivity index (χ2n) is 7.42. The SMILES string of the molecule is COc1ccc2[nH]cc(C(=O)N3CCCN(C(C)(C)C)CC3)c2c1. The molecule has 3 rings (SSSR count). The summed E-state index contributed by atoms with van der Waals surface area (Å²) in [5.41, 5.74) is 1.84. The van der Waals surface area contributed by atoms with Crippen LogP contribution in [0.5, 0.6) is 5.75 Å². The van der Waals surface area contributed by atoms with Gasteiger partial charge in [0.2, 0.25) is 0 Å². The number of amides is 1.